The van der Waals surface area contributed by atoms with Crippen LogP contribution in [0.15, 0.2) is 23.6 Å². The van der Waals surface area contributed by atoms with E-state index in [9.17, 15) is 4.79 Å². The summed E-state index contributed by atoms with van der Waals surface area (Å²) in [5.41, 5.74) is 10.3. The Morgan fingerprint density at radius 2 is 2.42 bits per heavy atom. The Hall–Kier alpha value is -2.53. The lowest BCUT2D eigenvalue weighted by Crippen LogP contribution is -2.08. The molecule has 0 N–H and O–H groups in total. The van der Waals surface area contributed by atoms with Gasteiger partial charge in [-0.3, -0.25) is 4.98 Å². The van der Waals surface area contributed by atoms with E-state index in [0.717, 1.165) is 5.52 Å². The third-order valence-electron chi connectivity index (χ3n) is 2.89. The average Bonchev–Trinajstić information content (AvgIpc) is 2.70. The summed E-state index contributed by atoms with van der Waals surface area (Å²) in [6, 6.07) is 1.80. The van der Waals surface area contributed by atoms with Crippen LogP contribution in [-0.2, 0) is 18.3 Å². The molecule has 0 aliphatic rings. The molecule has 7 heteroatoms. The number of aromatic nitrogens is 2. The molecule has 0 aromatic carbocycles. The number of aryl methyl sites for hydroxylation is 1. The standard InChI is InChI=1S/C12H13N5O2/c1-3-19-12(18)11-8-6-14-5-4-9(8)17(2)10(11)7-15-16-13/h4-6H,3,7H2,1-2H3. The number of carbonyl (C=O) groups is 1. The summed E-state index contributed by atoms with van der Waals surface area (Å²) in [5, 5.41) is 4.23. The van der Waals surface area contributed by atoms with Crippen LogP contribution in [0.4, 0.5) is 0 Å². The van der Waals surface area contributed by atoms with E-state index in [2.05, 4.69) is 15.0 Å². The second-order valence-corrected chi connectivity index (χ2v) is 3.88. The summed E-state index contributed by atoms with van der Waals surface area (Å²) >= 11 is 0. The number of esters is 1. The molecule has 0 aliphatic carbocycles. The number of fused-ring (bicyclic) bond motifs is 1. The number of carbonyl (C=O) groups excluding carboxylic acids is 1. The normalized spacial score (nSPS) is 10.2. The Bertz CT molecular complexity index is 670. The molecule has 0 radical (unpaired) electrons. The van der Waals surface area contributed by atoms with Crippen LogP contribution < -0.4 is 0 Å². The van der Waals surface area contributed by atoms with Crippen molar-refractivity contribution in [3.8, 4) is 0 Å². The maximum absolute atomic E-state index is 12.1. The molecule has 7 nitrogen and oxygen atoms in total. The largest absolute Gasteiger partial charge is 0.462 e. The first-order valence-electron chi connectivity index (χ1n) is 5.80. The van der Waals surface area contributed by atoms with Gasteiger partial charge in [0.15, 0.2) is 0 Å². The number of azide groups is 1. The van der Waals surface area contributed by atoms with Gasteiger partial charge in [0.2, 0.25) is 0 Å². The highest BCUT2D eigenvalue weighted by Crippen LogP contribution is 2.26. The number of pyridine rings is 1. The van der Waals surface area contributed by atoms with Gasteiger partial charge < -0.3 is 9.30 Å². The molecule has 2 rings (SSSR count). The van der Waals surface area contributed by atoms with Gasteiger partial charge in [-0.1, -0.05) is 5.11 Å². The van der Waals surface area contributed by atoms with Crippen LogP contribution >= 0.6 is 0 Å². The smallest absolute Gasteiger partial charge is 0.340 e. The molecule has 19 heavy (non-hydrogen) atoms. The molecule has 2 aromatic rings. The van der Waals surface area contributed by atoms with Crippen molar-refractivity contribution in [2.24, 2.45) is 12.2 Å². The minimum Gasteiger partial charge on any atom is -0.462 e. The highest BCUT2D eigenvalue weighted by molar-refractivity contribution is 6.05. The predicted molar refractivity (Wildman–Crippen MR) is 69.5 cm³/mol. The second kappa shape index (κ2) is 5.41. The fourth-order valence-corrected chi connectivity index (χ4v) is 2.06. The van der Waals surface area contributed by atoms with Crippen molar-refractivity contribution in [2.45, 2.75) is 13.5 Å². The first kappa shape index (κ1) is 12.9. The molecule has 0 atom stereocenters. The lowest BCUT2D eigenvalue weighted by Gasteiger charge is -2.04. The van der Waals surface area contributed by atoms with Crippen molar-refractivity contribution in [2.75, 3.05) is 6.61 Å². The molecule has 0 bridgehead atoms. The molecular weight excluding hydrogens is 246 g/mol. The monoisotopic (exact) mass is 259 g/mol. The van der Waals surface area contributed by atoms with E-state index >= 15 is 0 Å². The third-order valence-corrected chi connectivity index (χ3v) is 2.89. The van der Waals surface area contributed by atoms with E-state index in [1.165, 1.54) is 0 Å². The summed E-state index contributed by atoms with van der Waals surface area (Å²) in [6.07, 6.45) is 3.26. The second-order valence-electron chi connectivity index (χ2n) is 3.88. The van der Waals surface area contributed by atoms with Crippen LogP contribution in [0.1, 0.15) is 23.0 Å². The SMILES string of the molecule is CCOC(=O)c1c(CN=[N+]=[N-])n(C)c2ccncc12. The predicted octanol–water partition coefficient (Wildman–Crippen LogP) is 2.56. The van der Waals surface area contributed by atoms with Gasteiger partial charge in [-0.15, -0.1) is 0 Å². The van der Waals surface area contributed by atoms with Crippen molar-refractivity contribution in [3.05, 3.63) is 40.2 Å². The van der Waals surface area contributed by atoms with Crippen LogP contribution in [0, 0.1) is 0 Å². The average molecular weight is 259 g/mol. The quantitative estimate of drug-likeness (QED) is 0.365. The summed E-state index contributed by atoms with van der Waals surface area (Å²) in [7, 11) is 1.81. The van der Waals surface area contributed by atoms with Crippen LogP contribution in [-0.4, -0.2) is 22.1 Å². The molecule has 98 valence electrons. The van der Waals surface area contributed by atoms with Crippen molar-refractivity contribution >= 4 is 16.9 Å². The van der Waals surface area contributed by atoms with Crippen molar-refractivity contribution in [1.82, 2.24) is 9.55 Å². The maximum Gasteiger partial charge on any atom is 0.340 e. The molecule has 2 aromatic heterocycles. The van der Waals surface area contributed by atoms with Crippen LogP contribution in [0.3, 0.4) is 0 Å². The van der Waals surface area contributed by atoms with Crippen LogP contribution in [0.2, 0.25) is 0 Å². The van der Waals surface area contributed by atoms with Gasteiger partial charge >= 0.3 is 5.97 Å². The first-order valence-corrected chi connectivity index (χ1v) is 5.80. The van der Waals surface area contributed by atoms with E-state index in [1.54, 1.807) is 25.4 Å². The first-order chi connectivity index (χ1) is 9.20. The van der Waals surface area contributed by atoms with Gasteiger partial charge in [-0.2, -0.15) is 0 Å². The van der Waals surface area contributed by atoms with Gasteiger partial charge in [-0.25, -0.2) is 4.79 Å². The van der Waals surface area contributed by atoms with Crippen LogP contribution in [0.25, 0.3) is 21.3 Å². The fourth-order valence-electron chi connectivity index (χ4n) is 2.06. The van der Waals surface area contributed by atoms with Gasteiger partial charge in [0.25, 0.3) is 0 Å². The van der Waals surface area contributed by atoms with Crippen molar-refractivity contribution in [1.29, 1.82) is 0 Å². The van der Waals surface area contributed by atoms with Gasteiger partial charge in [0, 0.05) is 35.4 Å². The lowest BCUT2D eigenvalue weighted by atomic mass is 10.1. The highest BCUT2D eigenvalue weighted by Gasteiger charge is 2.21. The summed E-state index contributed by atoms with van der Waals surface area (Å²) in [4.78, 5) is 18.8. The Balaban J connectivity index is 2.68. The zero-order chi connectivity index (χ0) is 13.8. The number of nitrogens with zero attached hydrogens (tertiary/aromatic N) is 5. The van der Waals surface area contributed by atoms with E-state index in [-0.39, 0.29) is 13.2 Å². The Kier molecular flexibility index (Phi) is 3.68. The molecular formula is C12H13N5O2. The van der Waals surface area contributed by atoms with Gasteiger partial charge in [0.1, 0.15) is 0 Å². The van der Waals surface area contributed by atoms with Crippen molar-refractivity contribution < 1.29 is 9.53 Å². The van der Waals surface area contributed by atoms with Crippen molar-refractivity contribution in [3.63, 3.8) is 0 Å². The lowest BCUT2D eigenvalue weighted by molar-refractivity contribution is 0.0527. The molecule has 0 saturated heterocycles. The summed E-state index contributed by atoms with van der Waals surface area (Å²) in [6.45, 7) is 2.13. The van der Waals surface area contributed by atoms with E-state index in [0.29, 0.717) is 16.6 Å². The Labute approximate surface area is 109 Å². The third kappa shape index (κ3) is 2.23. The number of ether oxygens (including phenoxy) is 1. The topological polar surface area (TPSA) is 92.9 Å². The molecule has 2 heterocycles. The van der Waals surface area contributed by atoms with Crippen LogP contribution in [0.5, 0.6) is 0 Å². The minimum absolute atomic E-state index is 0.0931. The van der Waals surface area contributed by atoms with Gasteiger partial charge in [0.05, 0.1) is 24.2 Å². The van der Waals surface area contributed by atoms with E-state index < -0.39 is 5.97 Å². The Morgan fingerprint density at radius 3 is 3.11 bits per heavy atom. The zero-order valence-electron chi connectivity index (χ0n) is 10.7. The molecule has 0 fully saturated rings. The zero-order valence-corrected chi connectivity index (χ0v) is 10.7. The maximum atomic E-state index is 12.1. The summed E-state index contributed by atoms with van der Waals surface area (Å²) < 4.78 is 6.87. The molecule has 0 aliphatic heterocycles. The minimum atomic E-state index is -0.427. The van der Waals surface area contributed by atoms with E-state index in [1.807, 2.05) is 11.6 Å². The Morgan fingerprint density at radius 1 is 1.63 bits per heavy atom. The summed E-state index contributed by atoms with van der Waals surface area (Å²) in [5.74, 6) is -0.427. The molecule has 0 amide bonds. The molecule has 0 unspecified atom stereocenters. The number of hydrogen-bond acceptors (Lipinski definition) is 4. The highest BCUT2D eigenvalue weighted by atomic mass is 16.5. The molecule has 0 spiro atoms. The number of hydrogen-bond donors (Lipinski definition) is 0. The molecule has 0 saturated carbocycles. The number of rotatable bonds is 4. The van der Waals surface area contributed by atoms with E-state index in [4.69, 9.17) is 10.3 Å². The fraction of sp³-hybridized carbons (Fsp3) is 0.333. The van der Waals surface area contributed by atoms with Gasteiger partial charge in [-0.05, 0) is 18.5 Å².